The Morgan fingerprint density at radius 2 is 2.00 bits per heavy atom. The molecule has 6 nitrogen and oxygen atoms in total. The fourth-order valence-corrected chi connectivity index (χ4v) is 3.79. The second-order valence-corrected chi connectivity index (χ2v) is 7.18. The number of nitrogens with one attached hydrogen (secondary N) is 1. The monoisotopic (exact) mass is 407 g/mol. The van der Waals surface area contributed by atoms with Crippen LogP contribution in [0.15, 0.2) is 47.7 Å². The van der Waals surface area contributed by atoms with Crippen molar-refractivity contribution >= 4 is 11.4 Å². The van der Waals surface area contributed by atoms with Gasteiger partial charge >= 0.3 is 6.36 Å². The Balaban J connectivity index is 1.47. The highest BCUT2D eigenvalue weighted by Crippen LogP contribution is 2.35. The molecule has 0 radical (unpaired) electrons. The maximum Gasteiger partial charge on any atom is 0.573 e. The third-order valence-corrected chi connectivity index (χ3v) is 5.24. The van der Waals surface area contributed by atoms with Crippen LogP contribution in [0.25, 0.3) is 10.9 Å². The van der Waals surface area contributed by atoms with E-state index in [0.717, 1.165) is 31.3 Å². The van der Waals surface area contributed by atoms with Crippen molar-refractivity contribution in [1.29, 1.82) is 0 Å². The van der Waals surface area contributed by atoms with Gasteiger partial charge in [-0.25, -0.2) is 0 Å². The Morgan fingerprint density at radius 1 is 1.21 bits per heavy atom. The first-order valence-corrected chi connectivity index (χ1v) is 9.52. The van der Waals surface area contributed by atoms with Crippen LogP contribution in [0, 0.1) is 0 Å². The first kappa shape index (κ1) is 19.6. The van der Waals surface area contributed by atoms with Gasteiger partial charge in [0.25, 0.3) is 0 Å². The summed E-state index contributed by atoms with van der Waals surface area (Å²) < 4.78 is 47.0. The molecule has 0 aromatic heterocycles. The van der Waals surface area contributed by atoms with E-state index in [-0.39, 0.29) is 11.8 Å². The van der Waals surface area contributed by atoms with Crippen molar-refractivity contribution in [3.63, 3.8) is 0 Å². The van der Waals surface area contributed by atoms with Gasteiger partial charge in [-0.15, -0.1) is 13.2 Å². The minimum Gasteiger partial charge on any atom is -0.462 e. The number of rotatable bonds is 4. The molecule has 9 heteroatoms. The molecule has 2 aliphatic heterocycles. The van der Waals surface area contributed by atoms with E-state index in [1.165, 1.54) is 18.2 Å². The van der Waals surface area contributed by atoms with Crippen LogP contribution >= 0.6 is 0 Å². The molecule has 4 rings (SSSR count). The molecule has 2 heterocycles. The van der Waals surface area contributed by atoms with Crippen LogP contribution in [0.4, 0.5) is 13.2 Å². The molecule has 1 N–H and O–H groups in total. The third-order valence-electron chi connectivity index (χ3n) is 5.24. The van der Waals surface area contributed by atoms with Crippen molar-refractivity contribution in [1.82, 2.24) is 10.4 Å². The molecule has 1 fully saturated rings. The number of alkyl halides is 3. The van der Waals surface area contributed by atoms with Gasteiger partial charge in [0.1, 0.15) is 5.75 Å². The average molecular weight is 407 g/mol. The predicted molar refractivity (Wildman–Crippen MR) is 103 cm³/mol. The summed E-state index contributed by atoms with van der Waals surface area (Å²) in [5, 5.41) is 6.49. The van der Waals surface area contributed by atoms with Crippen LogP contribution in [0.3, 0.4) is 0 Å². The fourth-order valence-electron chi connectivity index (χ4n) is 3.79. The largest absolute Gasteiger partial charge is 0.573 e. The van der Waals surface area contributed by atoms with Crippen molar-refractivity contribution in [2.24, 2.45) is 4.99 Å². The van der Waals surface area contributed by atoms with E-state index in [1.54, 1.807) is 24.4 Å². The Bertz CT molecular complexity index is 829. The fraction of sp³-hybridized carbons (Fsp3) is 0.450. The lowest BCUT2D eigenvalue weighted by atomic mass is 9.93. The first-order valence-electron chi connectivity index (χ1n) is 9.52. The minimum absolute atomic E-state index is 0.210. The Morgan fingerprint density at radius 3 is 2.72 bits per heavy atom. The van der Waals surface area contributed by atoms with Gasteiger partial charge in [-0.1, -0.05) is 18.0 Å². The van der Waals surface area contributed by atoms with Crippen LogP contribution in [0.2, 0.25) is 0 Å². The second kappa shape index (κ2) is 7.98. The van der Waals surface area contributed by atoms with Gasteiger partial charge in [0.2, 0.25) is 0 Å². The first-order chi connectivity index (χ1) is 13.9. The van der Waals surface area contributed by atoms with Crippen LogP contribution < -0.4 is 10.2 Å². The lowest BCUT2D eigenvalue weighted by Gasteiger charge is -2.38. The molecule has 0 spiro atoms. The number of amidine groups is 1. The van der Waals surface area contributed by atoms with E-state index in [9.17, 15) is 13.2 Å². The number of hydrogen-bond donors (Lipinski definition) is 1. The van der Waals surface area contributed by atoms with Gasteiger partial charge < -0.3 is 25.2 Å². The van der Waals surface area contributed by atoms with Gasteiger partial charge in [0, 0.05) is 25.1 Å². The highest BCUT2D eigenvalue weighted by atomic mass is 19.4. The molecule has 1 atom stereocenters. The second-order valence-electron chi connectivity index (χ2n) is 7.18. The summed E-state index contributed by atoms with van der Waals surface area (Å²) in [5.74, 6) is 0.383. The molecule has 29 heavy (non-hydrogen) atoms. The molecule has 156 valence electrons. The van der Waals surface area contributed by atoms with Crippen molar-refractivity contribution in [2.45, 2.75) is 50.4 Å². The molecule has 0 bridgehead atoms. The molecule has 1 unspecified atom stereocenters. The maximum absolute atomic E-state index is 12.5. The highest BCUT2D eigenvalue weighted by Gasteiger charge is 2.32. The van der Waals surface area contributed by atoms with Crippen LogP contribution in [-0.2, 0) is 4.74 Å². The quantitative estimate of drug-likeness (QED) is 0.807. The number of fused-ring (bicyclic) bond motifs is 1. The number of halogens is 3. The highest BCUT2D eigenvalue weighted by molar-refractivity contribution is 6.06. The SMILES string of the molecule is COC1CCC(N=C2C=CN3NC=C(c4cccc(OC(F)(F)F)c4)C3[N-]2)CC1. The van der Waals surface area contributed by atoms with E-state index in [2.05, 4.69) is 10.2 Å². The zero-order valence-corrected chi connectivity index (χ0v) is 15.9. The molecule has 0 amide bonds. The lowest BCUT2D eigenvalue weighted by Crippen LogP contribution is -2.37. The summed E-state index contributed by atoms with van der Waals surface area (Å²) in [7, 11) is 1.74. The standard InChI is InChI=1S/C20H22F3N4O2/c1-28-15-7-5-14(6-8-15)25-18-9-10-27-19(26-18)17(12-24-27)13-3-2-4-16(11-13)29-20(21,22)23/h2-4,9-12,14-15,19,24H,5-8H2,1H3/q-1. The van der Waals surface area contributed by atoms with Gasteiger partial charge in [-0.3, -0.25) is 5.01 Å². The summed E-state index contributed by atoms with van der Waals surface area (Å²) >= 11 is 0. The lowest BCUT2D eigenvalue weighted by molar-refractivity contribution is -0.274. The third kappa shape index (κ3) is 4.67. The molecule has 0 saturated heterocycles. The molecule has 3 aliphatic rings. The van der Waals surface area contributed by atoms with E-state index < -0.39 is 12.5 Å². The normalized spacial score (nSPS) is 27.9. The number of nitrogens with zero attached hydrogens (tertiary/aromatic N) is 3. The van der Waals surface area contributed by atoms with Crippen molar-refractivity contribution in [2.75, 3.05) is 7.11 Å². The molecule has 1 saturated carbocycles. The number of benzene rings is 1. The summed E-state index contributed by atoms with van der Waals surface area (Å²) in [6.07, 6.45) is 4.48. The van der Waals surface area contributed by atoms with Crippen LogP contribution in [0.5, 0.6) is 5.75 Å². The zero-order valence-electron chi connectivity index (χ0n) is 15.9. The van der Waals surface area contributed by atoms with Crippen molar-refractivity contribution in [3.05, 3.63) is 53.6 Å². The van der Waals surface area contributed by atoms with Crippen molar-refractivity contribution < 1.29 is 22.6 Å². The van der Waals surface area contributed by atoms with E-state index in [1.807, 2.05) is 12.3 Å². The van der Waals surface area contributed by atoms with Crippen LogP contribution in [0.1, 0.15) is 31.2 Å². The predicted octanol–water partition coefficient (Wildman–Crippen LogP) is 4.33. The Kier molecular flexibility index (Phi) is 5.40. The van der Waals surface area contributed by atoms with Crippen LogP contribution in [-0.4, -0.2) is 42.6 Å². The number of ether oxygens (including phenoxy) is 2. The summed E-state index contributed by atoms with van der Waals surface area (Å²) in [4.78, 5) is 4.77. The number of methoxy groups -OCH3 is 1. The van der Waals surface area contributed by atoms with E-state index in [4.69, 9.17) is 15.0 Å². The number of hydrazine groups is 1. The van der Waals surface area contributed by atoms with Gasteiger partial charge in [-0.05, 0) is 55.5 Å². The molecule has 1 aliphatic carbocycles. The number of hydrogen-bond acceptors (Lipinski definition) is 5. The van der Waals surface area contributed by atoms with E-state index in [0.29, 0.717) is 17.5 Å². The van der Waals surface area contributed by atoms with Gasteiger partial charge in [0.15, 0.2) is 0 Å². The van der Waals surface area contributed by atoms with E-state index >= 15 is 0 Å². The Hall–Kier alpha value is -2.68. The molecule has 1 aromatic carbocycles. The maximum atomic E-state index is 12.5. The Labute approximate surface area is 167 Å². The summed E-state index contributed by atoms with van der Waals surface area (Å²) in [6.45, 7) is 0. The summed E-state index contributed by atoms with van der Waals surface area (Å²) in [5.41, 5.74) is 4.42. The molecule has 1 aromatic rings. The molecular formula is C20H22F3N4O2-. The smallest absolute Gasteiger partial charge is 0.462 e. The zero-order chi connectivity index (χ0) is 20.4. The van der Waals surface area contributed by atoms with Gasteiger partial charge in [0.05, 0.1) is 12.3 Å². The van der Waals surface area contributed by atoms with Crippen molar-refractivity contribution in [3.8, 4) is 5.75 Å². The molecular weight excluding hydrogens is 385 g/mol. The van der Waals surface area contributed by atoms with Gasteiger partial charge in [-0.2, -0.15) is 0 Å². The minimum atomic E-state index is -4.73. The average Bonchev–Trinajstić information content (AvgIpc) is 3.11. The number of aliphatic imine (C=N–C) groups is 1. The topological polar surface area (TPSA) is 60.2 Å². The summed E-state index contributed by atoms with van der Waals surface area (Å²) in [6, 6.07) is 6.11.